The predicted molar refractivity (Wildman–Crippen MR) is 141 cm³/mol. The van der Waals surface area contributed by atoms with Gasteiger partial charge in [-0.2, -0.15) is 0 Å². The minimum Gasteiger partial charge on any atom is -0.445 e. The zero-order valence-electron chi connectivity index (χ0n) is 20.3. The first kappa shape index (κ1) is 24.7. The van der Waals surface area contributed by atoms with E-state index in [0.717, 1.165) is 28.1 Å². The molecule has 0 radical (unpaired) electrons. The van der Waals surface area contributed by atoms with Crippen molar-refractivity contribution in [3.8, 4) is 22.6 Å². The molecule has 0 saturated heterocycles. The van der Waals surface area contributed by atoms with Gasteiger partial charge in [-0.05, 0) is 49.6 Å². The Morgan fingerprint density at radius 2 is 1.89 bits per heavy atom. The van der Waals surface area contributed by atoms with Crippen LogP contribution in [0.15, 0.2) is 68.8 Å². The highest BCUT2D eigenvalue weighted by molar-refractivity contribution is 7.92. The molecule has 0 aliphatic heterocycles. The van der Waals surface area contributed by atoms with Crippen molar-refractivity contribution >= 4 is 32.4 Å². The van der Waals surface area contributed by atoms with E-state index in [2.05, 4.69) is 30.4 Å². The Hall–Kier alpha value is -4.03. The molecular weight excluding hydrogens is 512 g/mol. The summed E-state index contributed by atoms with van der Waals surface area (Å²) in [6.45, 7) is 5.90. The van der Waals surface area contributed by atoms with Crippen molar-refractivity contribution in [1.82, 2.24) is 20.3 Å². The first-order valence-electron chi connectivity index (χ1n) is 11.5. The van der Waals surface area contributed by atoms with Crippen LogP contribution in [0.1, 0.15) is 28.8 Å². The van der Waals surface area contributed by atoms with Gasteiger partial charge in [0.2, 0.25) is 16.9 Å². The molecule has 3 aromatic heterocycles. The second-order valence-electron chi connectivity index (χ2n) is 8.24. The maximum absolute atomic E-state index is 13.5. The van der Waals surface area contributed by atoms with Crippen LogP contribution in [-0.4, -0.2) is 28.8 Å². The standard InChI is InChI=1S/C25H24N6O4S2/c1-4-22-28-29-25(36-22)27-14-18-13-17(24-26-11-12-34-24)9-10-19(18)20-7-5-6-8-21(20)37(32,33)31-23-15(2)16(3)30-35-23/h5-13,31H,4,14H2,1-3H3,(H,27,29). The SMILES string of the molecule is CCc1nnc(NCc2cc(-c3ncco3)ccc2-c2ccccc2S(=O)(=O)Nc2onc(C)c2C)s1. The summed E-state index contributed by atoms with van der Waals surface area (Å²) in [4.78, 5) is 4.36. The molecule has 5 aromatic rings. The molecule has 37 heavy (non-hydrogen) atoms. The molecule has 2 aromatic carbocycles. The number of nitrogens with zero attached hydrogens (tertiary/aromatic N) is 4. The number of aromatic nitrogens is 4. The normalized spacial score (nSPS) is 11.5. The summed E-state index contributed by atoms with van der Waals surface area (Å²) in [7, 11) is -3.99. The number of hydrogen-bond donors (Lipinski definition) is 2. The Labute approximate surface area is 217 Å². The Morgan fingerprint density at radius 3 is 2.59 bits per heavy atom. The summed E-state index contributed by atoms with van der Waals surface area (Å²) in [6, 6.07) is 12.5. The molecule has 0 amide bonds. The second kappa shape index (κ2) is 10.1. The number of hydrogen-bond acceptors (Lipinski definition) is 10. The minimum atomic E-state index is -3.99. The van der Waals surface area contributed by atoms with Crippen LogP contribution in [0, 0.1) is 13.8 Å². The first-order chi connectivity index (χ1) is 17.9. The van der Waals surface area contributed by atoms with E-state index in [1.807, 2.05) is 25.1 Å². The molecule has 0 saturated carbocycles. The molecule has 5 rings (SSSR count). The fourth-order valence-electron chi connectivity index (χ4n) is 3.75. The monoisotopic (exact) mass is 536 g/mol. The average molecular weight is 537 g/mol. The van der Waals surface area contributed by atoms with Crippen LogP contribution >= 0.6 is 11.3 Å². The largest absolute Gasteiger partial charge is 0.445 e. The summed E-state index contributed by atoms with van der Waals surface area (Å²) in [6.07, 6.45) is 3.89. The van der Waals surface area contributed by atoms with E-state index in [-0.39, 0.29) is 10.8 Å². The van der Waals surface area contributed by atoms with Crippen molar-refractivity contribution in [1.29, 1.82) is 0 Å². The number of rotatable bonds is 9. The summed E-state index contributed by atoms with van der Waals surface area (Å²) in [5, 5.41) is 17.1. The van der Waals surface area contributed by atoms with Crippen LogP contribution in [0.2, 0.25) is 0 Å². The van der Waals surface area contributed by atoms with Gasteiger partial charge in [0.1, 0.15) is 11.3 Å². The summed E-state index contributed by atoms with van der Waals surface area (Å²) >= 11 is 1.48. The van der Waals surface area contributed by atoms with Gasteiger partial charge in [-0.25, -0.2) is 18.1 Å². The summed E-state index contributed by atoms with van der Waals surface area (Å²) in [5.41, 5.74) is 4.11. The zero-order valence-corrected chi connectivity index (χ0v) is 22.0. The molecular formula is C25H24N6O4S2. The van der Waals surface area contributed by atoms with Gasteiger partial charge in [0.15, 0.2) is 0 Å². The van der Waals surface area contributed by atoms with Crippen LogP contribution in [-0.2, 0) is 23.0 Å². The first-order valence-corrected chi connectivity index (χ1v) is 13.8. The third-order valence-electron chi connectivity index (χ3n) is 5.83. The van der Waals surface area contributed by atoms with E-state index in [4.69, 9.17) is 8.94 Å². The number of nitrogens with one attached hydrogen (secondary N) is 2. The molecule has 0 bridgehead atoms. The molecule has 2 N–H and O–H groups in total. The Balaban J connectivity index is 1.56. The van der Waals surface area contributed by atoms with Gasteiger partial charge in [-0.15, -0.1) is 10.2 Å². The molecule has 12 heteroatoms. The van der Waals surface area contributed by atoms with Gasteiger partial charge in [-0.3, -0.25) is 0 Å². The third-order valence-corrected chi connectivity index (χ3v) is 8.25. The maximum Gasteiger partial charge on any atom is 0.264 e. The molecule has 3 heterocycles. The van der Waals surface area contributed by atoms with E-state index in [0.29, 0.717) is 34.4 Å². The molecule has 0 fully saturated rings. The summed E-state index contributed by atoms with van der Waals surface area (Å²) < 4.78 is 40.2. The van der Waals surface area contributed by atoms with Crippen LogP contribution in [0.3, 0.4) is 0 Å². The van der Waals surface area contributed by atoms with Crippen molar-refractivity contribution < 1.29 is 17.4 Å². The number of anilines is 2. The quantitative estimate of drug-likeness (QED) is 0.252. The van der Waals surface area contributed by atoms with Gasteiger partial charge in [-0.1, -0.05) is 47.7 Å². The van der Waals surface area contributed by atoms with Crippen LogP contribution in [0.4, 0.5) is 11.0 Å². The number of benzene rings is 2. The Morgan fingerprint density at radius 1 is 1.05 bits per heavy atom. The second-order valence-corrected chi connectivity index (χ2v) is 11.0. The van der Waals surface area contributed by atoms with E-state index in [9.17, 15) is 8.42 Å². The third kappa shape index (κ3) is 5.11. The van der Waals surface area contributed by atoms with E-state index in [1.165, 1.54) is 17.6 Å². The van der Waals surface area contributed by atoms with E-state index < -0.39 is 10.0 Å². The highest BCUT2D eigenvalue weighted by atomic mass is 32.2. The fourth-order valence-corrected chi connectivity index (χ4v) is 5.70. The smallest absolute Gasteiger partial charge is 0.264 e. The number of oxazole rings is 1. The highest BCUT2D eigenvalue weighted by Crippen LogP contribution is 2.34. The lowest BCUT2D eigenvalue weighted by atomic mass is 9.97. The van der Waals surface area contributed by atoms with Gasteiger partial charge in [0, 0.05) is 23.2 Å². The highest BCUT2D eigenvalue weighted by Gasteiger charge is 2.24. The summed E-state index contributed by atoms with van der Waals surface area (Å²) in [5.74, 6) is 0.562. The van der Waals surface area contributed by atoms with Gasteiger partial charge in [0.25, 0.3) is 10.0 Å². The van der Waals surface area contributed by atoms with Crippen LogP contribution in [0.25, 0.3) is 22.6 Å². The minimum absolute atomic E-state index is 0.0939. The van der Waals surface area contributed by atoms with E-state index in [1.54, 1.807) is 44.3 Å². The van der Waals surface area contributed by atoms with Crippen LogP contribution in [0.5, 0.6) is 0 Å². The van der Waals surface area contributed by atoms with Crippen LogP contribution < -0.4 is 10.0 Å². The van der Waals surface area contributed by atoms with Crippen molar-refractivity contribution in [3.63, 3.8) is 0 Å². The van der Waals surface area contributed by atoms with Gasteiger partial charge >= 0.3 is 0 Å². The van der Waals surface area contributed by atoms with Crippen molar-refractivity contribution in [2.75, 3.05) is 10.0 Å². The number of aryl methyl sites for hydroxylation is 2. The lowest BCUT2D eigenvalue weighted by Gasteiger charge is -2.16. The number of sulfonamides is 1. The van der Waals surface area contributed by atoms with Gasteiger partial charge < -0.3 is 14.3 Å². The molecule has 190 valence electrons. The Bertz CT molecular complexity index is 1640. The molecule has 0 aliphatic carbocycles. The van der Waals surface area contributed by atoms with Gasteiger partial charge in [0.05, 0.1) is 16.8 Å². The lowest BCUT2D eigenvalue weighted by molar-refractivity contribution is 0.430. The maximum atomic E-state index is 13.5. The molecule has 10 nitrogen and oxygen atoms in total. The Kier molecular flexibility index (Phi) is 6.76. The molecule has 0 atom stereocenters. The van der Waals surface area contributed by atoms with Crippen molar-refractivity contribution in [2.45, 2.75) is 38.6 Å². The lowest BCUT2D eigenvalue weighted by Crippen LogP contribution is -2.14. The van der Waals surface area contributed by atoms with Crippen molar-refractivity contribution in [2.24, 2.45) is 0 Å². The van der Waals surface area contributed by atoms with E-state index >= 15 is 0 Å². The topological polar surface area (TPSA) is 136 Å². The average Bonchev–Trinajstić information content (AvgIpc) is 3.67. The van der Waals surface area contributed by atoms with Crippen molar-refractivity contribution in [3.05, 3.63) is 76.8 Å². The zero-order chi connectivity index (χ0) is 26.0. The molecule has 0 aliphatic rings. The fraction of sp³-hybridized carbons (Fsp3) is 0.200. The molecule has 0 unspecified atom stereocenters. The predicted octanol–water partition coefficient (Wildman–Crippen LogP) is 5.44. The molecule has 0 spiro atoms.